The molecule has 9 heavy (non-hydrogen) atoms. The Hall–Kier alpha value is 0.170. The molecule has 2 unspecified atom stereocenters. The molecule has 3 nitrogen and oxygen atoms in total. The SMILES string of the molecule is CC(O)COC(O)CCl. The summed E-state index contributed by atoms with van der Waals surface area (Å²) in [5.41, 5.74) is 0. The smallest absolute Gasteiger partial charge is 0.168 e. The molecule has 0 saturated heterocycles. The van der Waals surface area contributed by atoms with Crippen molar-refractivity contribution < 1.29 is 14.9 Å². The zero-order valence-electron chi connectivity index (χ0n) is 5.25. The molecule has 0 aromatic carbocycles. The van der Waals surface area contributed by atoms with Crippen molar-refractivity contribution in [3.05, 3.63) is 0 Å². The molecule has 2 N–H and O–H groups in total. The third-order valence-corrected chi connectivity index (χ3v) is 0.926. The van der Waals surface area contributed by atoms with Gasteiger partial charge in [0.2, 0.25) is 0 Å². The average molecular weight is 155 g/mol. The Morgan fingerprint density at radius 1 is 1.56 bits per heavy atom. The van der Waals surface area contributed by atoms with Crippen LogP contribution in [0.1, 0.15) is 6.92 Å². The minimum atomic E-state index is -0.957. The highest BCUT2D eigenvalue weighted by Gasteiger charge is 2.02. The van der Waals surface area contributed by atoms with Crippen LogP contribution < -0.4 is 0 Å². The van der Waals surface area contributed by atoms with Crippen LogP contribution in [0.3, 0.4) is 0 Å². The molecule has 0 aromatic rings. The van der Waals surface area contributed by atoms with Gasteiger partial charge in [-0.25, -0.2) is 0 Å². The standard InChI is InChI=1S/C5H11ClO3/c1-4(7)3-9-5(8)2-6/h4-5,7-8H,2-3H2,1H3. The number of aliphatic hydroxyl groups excluding tert-OH is 2. The maximum Gasteiger partial charge on any atom is 0.168 e. The molecule has 0 saturated carbocycles. The van der Waals surface area contributed by atoms with Gasteiger partial charge in [0, 0.05) is 0 Å². The second-order valence-electron chi connectivity index (χ2n) is 1.79. The molecule has 0 aliphatic rings. The van der Waals surface area contributed by atoms with Gasteiger partial charge in [-0.15, -0.1) is 11.6 Å². The molecular weight excluding hydrogens is 144 g/mol. The number of aliphatic hydroxyl groups is 2. The molecular formula is C5H11ClO3. The number of halogens is 1. The van der Waals surface area contributed by atoms with Crippen molar-refractivity contribution in [1.82, 2.24) is 0 Å². The summed E-state index contributed by atoms with van der Waals surface area (Å²) in [6, 6.07) is 0. The Morgan fingerprint density at radius 3 is 2.44 bits per heavy atom. The van der Waals surface area contributed by atoms with Crippen LogP contribution >= 0.6 is 11.6 Å². The number of hydrogen-bond donors (Lipinski definition) is 2. The summed E-state index contributed by atoms with van der Waals surface area (Å²) in [4.78, 5) is 0. The minimum Gasteiger partial charge on any atom is -0.391 e. The zero-order valence-corrected chi connectivity index (χ0v) is 6.01. The lowest BCUT2D eigenvalue weighted by molar-refractivity contribution is -0.104. The van der Waals surface area contributed by atoms with Gasteiger partial charge in [-0.05, 0) is 6.92 Å². The van der Waals surface area contributed by atoms with Crippen LogP contribution in [0, 0.1) is 0 Å². The van der Waals surface area contributed by atoms with Gasteiger partial charge in [-0.3, -0.25) is 0 Å². The molecule has 0 spiro atoms. The fourth-order valence-corrected chi connectivity index (χ4v) is 0.384. The maximum absolute atomic E-state index is 8.64. The summed E-state index contributed by atoms with van der Waals surface area (Å²) in [5.74, 6) is 0.0344. The Labute approximate surface area is 59.2 Å². The lowest BCUT2D eigenvalue weighted by Crippen LogP contribution is -2.20. The van der Waals surface area contributed by atoms with E-state index in [-0.39, 0.29) is 12.5 Å². The van der Waals surface area contributed by atoms with E-state index in [1.54, 1.807) is 6.92 Å². The first kappa shape index (κ1) is 9.17. The summed E-state index contributed by atoms with van der Waals surface area (Å²) in [6.45, 7) is 1.69. The number of alkyl halides is 1. The predicted molar refractivity (Wildman–Crippen MR) is 34.4 cm³/mol. The van der Waals surface area contributed by atoms with E-state index in [1.165, 1.54) is 0 Å². The highest BCUT2D eigenvalue weighted by atomic mass is 35.5. The van der Waals surface area contributed by atoms with Crippen LogP contribution in [0.5, 0.6) is 0 Å². The van der Waals surface area contributed by atoms with Gasteiger partial charge in [0.25, 0.3) is 0 Å². The molecule has 0 rings (SSSR count). The second kappa shape index (κ2) is 4.99. The summed E-state index contributed by atoms with van der Waals surface area (Å²) in [5, 5.41) is 17.3. The first-order valence-corrected chi connectivity index (χ1v) is 3.24. The van der Waals surface area contributed by atoms with Gasteiger partial charge in [0.15, 0.2) is 6.29 Å². The van der Waals surface area contributed by atoms with Crippen LogP contribution in [0.2, 0.25) is 0 Å². The van der Waals surface area contributed by atoms with E-state index < -0.39 is 12.4 Å². The van der Waals surface area contributed by atoms with Crippen molar-refractivity contribution in [2.24, 2.45) is 0 Å². The minimum absolute atomic E-state index is 0.0344. The molecule has 4 heteroatoms. The third kappa shape index (κ3) is 6.05. The fraction of sp³-hybridized carbons (Fsp3) is 1.00. The van der Waals surface area contributed by atoms with E-state index in [0.717, 1.165) is 0 Å². The van der Waals surface area contributed by atoms with Crippen LogP contribution in [0.15, 0.2) is 0 Å². The van der Waals surface area contributed by atoms with Gasteiger partial charge in [-0.2, -0.15) is 0 Å². The Morgan fingerprint density at radius 2 is 2.11 bits per heavy atom. The quantitative estimate of drug-likeness (QED) is 0.441. The number of rotatable bonds is 4. The lowest BCUT2D eigenvalue weighted by Gasteiger charge is -2.09. The third-order valence-electron chi connectivity index (χ3n) is 0.662. The number of ether oxygens (including phenoxy) is 1. The molecule has 0 aliphatic heterocycles. The largest absolute Gasteiger partial charge is 0.391 e. The van der Waals surface area contributed by atoms with E-state index in [0.29, 0.717) is 0 Å². The molecule has 0 aliphatic carbocycles. The monoisotopic (exact) mass is 154 g/mol. The van der Waals surface area contributed by atoms with Crippen molar-refractivity contribution >= 4 is 11.6 Å². The van der Waals surface area contributed by atoms with E-state index in [1.807, 2.05) is 0 Å². The molecule has 0 aromatic heterocycles. The van der Waals surface area contributed by atoms with E-state index in [2.05, 4.69) is 4.74 Å². The molecule has 56 valence electrons. The van der Waals surface area contributed by atoms with E-state index in [9.17, 15) is 0 Å². The second-order valence-corrected chi connectivity index (χ2v) is 2.10. The maximum atomic E-state index is 8.64. The number of hydrogen-bond acceptors (Lipinski definition) is 3. The highest BCUT2D eigenvalue weighted by Crippen LogP contribution is 1.91. The molecule has 0 radical (unpaired) electrons. The molecule has 2 atom stereocenters. The Bertz CT molecular complexity index is 67.2. The van der Waals surface area contributed by atoms with Gasteiger partial charge in [-0.1, -0.05) is 0 Å². The normalized spacial score (nSPS) is 17.3. The van der Waals surface area contributed by atoms with Gasteiger partial charge in [0.05, 0.1) is 18.6 Å². The first-order chi connectivity index (χ1) is 4.16. The lowest BCUT2D eigenvalue weighted by atomic mass is 10.4. The van der Waals surface area contributed by atoms with E-state index >= 15 is 0 Å². The van der Waals surface area contributed by atoms with E-state index in [4.69, 9.17) is 21.8 Å². The van der Waals surface area contributed by atoms with Gasteiger partial charge < -0.3 is 14.9 Å². The Kier molecular flexibility index (Phi) is 5.09. The van der Waals surface area contributed by atoms with Crippen molar-refractivity contribution in [2.45, 2.75) is 19.3 Å². The van der Waals surface area contributed by atoms with Gasteiger partial charge >= 0.3 is 0 Å². The van der Waals surface area contributed by atoms with Crippen molar-refractivity contribution in [3.8, 4) is 0 Å². The fourth-order valence-electron chi connectivity index (χ4n) is 0.295. The topological polar surface area (TPSA) is 49.7 Å². The summed E-state index contributed by atoms with van der Waals surface area (Å²) in [7, 11) is 0. The molecule has 0 bridgehead atoms. The van der Waals surface area contributed by atoms with Crippen molar-refractivity contribution in [2.75, 3.05) is 12.5 Å². The van der Waals surface area contributed by atoms with Crippen LogP contribution in [0.4, 0.5) is 0 Å². The summed E-state index contributed by atoms with van der Waals surface area (Å²) < 4.78 is 4.63. The Balaban J connectivity index is 3.06. The summed E-state index contributed by atoms with van der Waals surface area (Å²) >= 11 is 5.18. The van der Waals surface area contributed by atoms with Crippen LogP contribution in [-0.4, -0.2) is 35.1 Å². The molecule has 0 fully saturated rings. The zero-order chi connectivity index (χ0) is 7.28. The molecule has 0 amide bonds. The first-order valence-electron chi connectivity index (χ1n) is 2.70. The summed E-state index contributed by atoms with van der Waals surface area (Å²) in [6.07, 6.45) is -1.51. The highest BCUT2D eigenvalue weighted by molar-refractivity contribution is 6.18. The van der Waals surface area contributed by atoms with Crippen LogP contribution in [-0.2, 0) is 4.74 Å². The van der Waals surface area contributed by atoms with Gasteiger partial charge in [0.1, 0.15) is 0 Å². The molecule has 0 heterocycles. The predicted octanol–water partition coefficient (Wildman–Crippen LogP) is -0.0590. The van der Waals surface area contributed by atoms with Crippen molar-refractivity contribution in [1.29, 1.82) is 0 Å². The average Bonchev–Trinajstić information content (AvgIpc) is 1.83. The van der Waals surface area contributed by atoms with Crippen LogP contribution in [0.25, 0.3) is 0 Å². The van der Waals surface area contributed by atoms with Crippen molar-refractivity contribution in [3.63, 3.8) is 0 Å².